The molecule has 5 nitrogen and oxygen atoms in total. The minimum atomic E-state index is -2.95. The van der Waals surface area contributed by atoms with Crippen LogP contribution in [0.2, 0.25) is 0 Å². The van der Waals surface area contributed by atoms with E-state index in [1.165, 1.54) is 0 Å². The molecule has 0 saturated carbocycles. The van der Waals surface area contributed by atoms with Crippen LogP contribution in [0.25, 0.3) is 0 Å². The van der Waals surface area contributed by atoms with E-state index in [-0.39, 0.29) is 36.5 Å². The molecule has 0 N–H and O–H groups in total. The molecule has 0 radical (unpaired) electrons. The summed E-state index contributed by atoms with van der Waals surface area (Å²) in [6, 6.07) is 0.00955. The highest BCUT2D eigenvalue weighted by molar-refractivity contribution is 5.18. The van der Waals surface area contributed by atoms with Crippen LogP contribution in [0, 0.1) is 0 Å². The van der Waals surface area contributed by atoms with Gasteiger partial charge in [0.1, 0.15) is 0 Å². The maximum Gasteiger partial charge on any atom is 0.293 e. The van der Waals surface area contributed by atoms with Gasteiger partial charge in [-0.05, 0) is 53.9 Å². The number of alkyl halides is 2. The van der Waals surface area contributed by atoms with Crippen molar-refractivity contribution in [2.45, 2.75) is 90.6 Å². The van der Waals surface area contributed by atoms with Crippen LogP contribution in [0.4, 0.5) is 8.78 Å². The molecule has 1 aliphatic rings. The molecule has 2 unspecified atom stereocenters. The zero-order valence-electron chi connectivity index (χ0n) is 15.3. The fourth-order valence-electron chi connectivity index (χ4n) is 3.09. The SMILES string of the molecule is CC(C)OC(C)COC1CCc2c(nnn2C(C)C)C(F)(F)CC1. The first-order valence-electron chi connectivity index (χ1n) is 8.80. The molecule has 0 amide bonds. The molecule has 0 spiro atoms. The maximum atomic E-state index is 14.5. The number of rotatable bonds is 6. The van der Waals surface area contributed by atoms with Gasteiger partial charge in [0, 0.05) is 12.5 Å². The second-order valence-electron chi connectivity index (χ2n) is 7.16. The summed E-state index contributed by atoms with van der Waals surface area (Å²) < 4.78 is 42.0. The number of ether oxygens (including phenoxy) is 2. The summed E-state index contributed by atoms with van der Waals surface area (Å²) in [6.07, 6.45) is 1.12. The molecule has 0 aliphatic heterocycles. The van der Waals surface area contributed by atoms with Crippen LogP contribution in [0.5, 0.6) is 0 Å². The molecule has 0 fully saturated rings. The lowest BCUT2D eigenvalue weighted by Crippen LogP contribution is -2.29. The monoisotopic (exact) mass is 345 g/mol. The van der Waals surface area contributed by atoms with Gasteiger partial charge >= 0.3 is 0 Å². The summed E-state index contributed by atoms with van der Waals surface area (Å²) in [7, 11) is 0. The minimum absolute atomic E-state index is 0.00955. The van der Waals surface area contributed by atoms with E-state index >= 15 is 0 Å². The Kier molecular flexibility index (Phi) is 6.31. The fraction of sp³-hybridized carbons (Fsp3) is 0.882. The van der Waals surface area contributed by atoms with E-state index in [0.717, 1.165) is 0 Å². The van der Waals surface area contributed by atoms with E-state index in [1.807, 2.05) is 34.6 Å². The topological polar surface area (TPSA) is 49.2 Å². The molecule has 0 saturated heterocycles. The van der Waals surface area contributed by atoms with Crippen molar-refractivity contribution in [2.24, 2.45) is 0 Å². The van der Waals surface area contributed by atoms with Gasteiger partial charge < -0.3 is 9.47 Å². The van der Waals surface area contributed by atoms with Crippen molar-refractivity contribution >= 4 is 0 Å². The van der Waals surface area contributed by atoms with Crippen LogP contribution in [0.15, 0.2) is 0 Å². The fourth-order valence-corrected chi connectivity index (χ4v) is 3.09. The van der Waals surface area contributed by atoms with Crippen LogP contribution in [0.3, 0.4) is 0 Å². The Morgan fingerprint density at radius 3 is 2.54 bits per heavy atom. The van der Waals surface area contributed by atoms with E-state index in [1.54, 1.807) is 4.68 Å². The van der Waals surface area contributed by atoms with Crippen LogP contribution in [-0.2, 0) is 21.8 Å². The van der Waals surface area contributed by atoms with Gasteiger partial charge in [0.05, 0.1) is 30.6 Å². The first-order valence-corrected chi connectivity index (χ1v) is 8.80. The second kappa shape index (κ2) is 7.87. The van der Waals surface area contributed by atoms with Gasteiger partial charge in [-0.3, -0.25) is 0 Å². The van der Waals surface area contributed by atoms with E-state index in [4.69, 9.17) is 9.47 Å². The van der Waals surface area contributed by atoms with Crippen molar-refractivity contribution in [1.82, 2.24) is 15.0 Å². The number of fused-ring (bicyclic) bond motifs is 1. The molecule has 1 heterocycles. The zero-order valence-corrected chi connectivity index (χ0v) is 15.3. The van der Waals surface area contributed by atoms with Gasteiger partial charge in [-0.1, -0.05) is 5.21 Å². The van der Waals surface area contributed by atoms with Crippen molar-refractivity contribution in [2.75, 3.05) is 6.61 Å². The van der Waals surface area contributed by atoms with Crippen molar-refractivity contribution in [3.05, 3.63) is 11.4 Å². The third-order valence-corrected chi connectivity index (χ3v) is 4.18. The molecular formula is C17H29F2N3O2. The Bertz CT molecular complexity index is 532. The first-order chi connectivity index (χ1) is 11.2. The number of hydrogen-bond donors (Lipinski definition) is 0. The van der Waals surface area contributed by atoms with E-state index < -0.39 is 5.92 Å². The first kappa shape index (κ1) is 19.2. The van der Waals surface area contributed by atoms with Crippen molar-refractivity contribution in [1.29, 1.82) is 0 Å². The molecular weight excluding hydrogens is 316 g/mol. The highest BCUT2D eigenvalue weighted by Gasteiger charge is 2.40. The van der Waals surface area contributed by atoms with Gasteiger partial charge in [-0.2, -0.15) is 8.78 Å². The Morgan fingerprint density at radius 1 is 1.21 bits per heavy atom. The zero-order chi connectivity index (χ0) is 17.9. The number of nitrogens with zero attached hydrogens (tertiary/aromatic N) is 3. The molecule has 138 valence electrons. The Hall–Kier alpha value is -1.08. The Balaban J connectivity index is 2.05. The average Bonchev–Trinajstić information content (AvgIpc) is 2.88. The number of aromatic nitrogens is 3. The Labute approximate surface area is 142 Å². The molecule has 1 aromatic rings. The van der Waals surface area contributed by atoms with Crippen LogP contribution >= 0.6 is 0 Å². The van der Waals surface area contributed by atoms with Gasteiger partial charge in [0.25, 0.3) is 5.92 Å². The van der Waals surface area contributed by atoms with Crippen molar-refractivity contribution < 1.29 is 18.3 Å². The Morgan fingerprint density at radius 2 is 1.92 bits per heavy atom. The molecule has 7 heteroatoms. The summed E-state index contributed by atoms with van der Waals surface area (Å²) in [5, 5.41) is 7.70. The van der Waals surface area contributed by atoms with Gasteiger partial charge in [-0.15, -0.1) is 5.10 Å². The average molecular weight is 345 g/mol. The van der Waals surface area contributed by atoms with E-state index in [0.29, 0.717) is 31.6 Å². The molecule has 2 atom stereocenters. The van der Waals surface area contributed by atoms with Crippen molar-refractivity contribution in [3.8, 4) is 0 Å². The largest absolute Gasteiger partial charge is 0.376 e. The summed E-state index contributed by atoms with van der Waals surface area (Å²) in [5.74, 6) is -2.95. The second-order valence-corrected chi connectivity index (χ2v) is 7.16. The maximum absolute atomic E-state index is 14.5. The predicted molar refractivity (Wildman–Crippen MR) is 87.3 cm³/mol. The predicted octanol–water partition coefficient (Wildman–Crippen LogP) is 3.88. The lowest BCUT2D eigenvalue weighted by atomic mass is 9.96. The highest BCUT2D eigenvalue weighted by atomic mass is 19.3. The standard InChI is InChI=1S/C17H29F2N3O2/c1-11(2)22-15-7-6-14(23-10-13(5)24-12(3)4)8-9-17(18,19)16(15)20-21-22/h11-14H,6-10H2,1-5H3. The molecule has 1 aliphatic carbocycles. The lowest BCUT2D eigenvalue weighted by Gasteiger charge is -2.26. The third kappa shape index (κ3) is 4.72. The van der Waals surface area contributed by atoms with E-state index in [2.05, 4.69) is 10.3 Å². The number of halogens is 2. The molecule has 0 aromatic carbocycles. The van der Waals surface area contributed by atoms with Crippen LogP contribution in [-0.4, -0.2) is 39.9 Å². The smallest absolute Gasteiger partial charge is 0.293 e. The summed E-state index contributed by atoms with van der Waals surface area (Å²) >= 11 is 0. The van der Waals surface area contributed by atoms with Crippen molar-refractivity contribution in [3.63, 3.8) is 0 Å². The van der Waals surface area contributed by atoms with Gasteiger partial charge in [-0.25, -0.2) is 4.68 Å². The van der Waals surface area contributed by atoms with Crippen LogP contribution in [0.1, 0.15) is 71.3 Å². The molecule has 24 heavy (non-hydrogen) atoms. The lowest BCUT2D eigenvalue weighted by molar-refractivity contribution is -0.0772. The minimum Gasteiger partial charge on any atom is -0.376 e. The van der Waals surface area contributed by atoms with Gasteiger partial charge in [0.15, 0.2) is 5.69 Å². The molecule has 0 bridgehead atoms. The summed E-state index contributed by atoms with van der Waals surface area (Å²) in [6.45, 7) is 10.1. The number of hydrogen-bond acceptors (Lipinski definition) is 4. The van der Waals surface area contributed by atoms with Gasteiger partial charge in [0.2, 0.25) is 0 Å². The van der Waals surface area contributed by atoms with E-state index in [9.17, 15) is 8.78 Å². The molecule has 2 rings (SSSR count). The summed E-state index contributed by atoms with van der Waals surface area (Å²) in [4.78, 5) is 0. The summed E-state index contributed by atoms with van der Waals surface area (Å²) in [5.41, 5.74) is 0.376. The highest BCUT2D eigenvalue weighted by Crippen LogP contribution is 2.37. The van der Waals surface area contributed by atoms with Crippen LogP contribution < -0.4 is 0 Å². The molecule has 1 aromatic heterocycles. The quantitative estimate of drug-likeness (QED) is 0.785. The normalized spacial score (nSPS) is 22.3. The third-order valence-electron chi connectivity index (χ3n) is 4.18.